The Morgan fingerprint density at radius 3 is 2.06 bits per heavy atom. The molecule has 0 fully saturated rings. The Morgan fingerprint density at radius 2 is 1.50 bits per heavy atom. The highest BCUT2D eigenvalue weighted by Gasteiger charge is 2.14. The Kier molecular flexibility index (Phi) is 3.89. The highest BCUT2D eigenvalue weighted by Crippen LogP contribution is 2.18. The molecular formula is C15H14NO2+. The van der Waals surface area contributed by atoms with Crippen molar-refractivity contribution in [2.24, 2.45) is 0 Å². The van der Waals surface area contributed by atoms with E-state index in [-0.39, 0.29) is 0 Å². The van der Waals surface area contributed by atoms with Crippen LogP contribution in [0.15, 0.2) is 60.7 Å². The second kappa shape index (κ2) is 5.80. The van der Waals surface area contributed by atoms with Gasteiger partial charge in [-0.1, -0.05) is 60.7 Å². The van der Waals surface area contributed by atoms with Crippen molar-refractivity contribution in [1.82, 2.24) is 0 Å². The molecule has 2 rings (SSSR count). The van der Waals surface area contributed by atoms with Crippen LogP contribution in [-0.2, 0) is 9.63 Å². The maximum atomic E-state index is 11.8. The van der Waals surface area contributed by atoms with Gasteiger partial charge >= 0.3 is 5.97 Å². The van der Waals surface area contributed by atoms with Crippen LogP contribution in [0.5, 0.6) is 0 Å². The lowest BCUT2D eigenvalue weighted by Crippen LogP contribution is -2.51. The summed E-state index contributed by atoms with van der Waals surface area (Å²) in [5.41, 5.74) is 2.26. The summed E-state index contributed by atoms with van der Waals surface area (Å²) in [7, 11) is 0. The fourth-order valence-corrected chi connectivity index (χ4v) is 1.67. The van der Waals surface area contributed by atoms with Gasteiger partial charge in [-0.3, -0.25) is 4.84 Å². The van der Waals surface area contributed by atoms with Crippen molar-refractivity contribution in [2.45, 2.75) is 0 Å². The Labute approximate surface area is 105 Å². The molecule has 2 aromatic carbocycles. The molecule has 0 spiro atoms. The van der Waals surface area contributed by atoms with Gasteiger partial charge in [0.25, 0.3) is 0 Å². The molecule has 0 saturated heterocycles. The molecule has 3 heteroatoms. The quantitative estimate of drug-likeness (QED) is 0.506. The molecule has 3 N–H and O–H groups in total. The summed E-state index contributed by atoms with van der Waals surface area (Å²) in [6.45, 7) is 0. The van der Waals surface area contributed by atoms with E-state index in [0.29, 0.717) is 5.57 Å². The van der Waals surface area contributed by atoms with E-state index in [9.17, 15) is 4.79 Å². The van der Waals surface area contributed by atoms with Crippen LogP contribution in [-0.4, -0.2) is 5.97 Å². The van der Waals surface area contributed by atoms with E-state index >= 15 is 0 Å². The highest BCUT2D eigenvalue weighted by atomic mass is 16.7. The van der Waals surface area contributed by atoms with Crippen LogP contribution < -0.4 is 5.90 Å². The van der Waals surface area contributed by atoms with E-state index in [2.05, 4.69) is 10.7 Å². The summed E-state index contributed by atoms with van der Waals surface area (Å²) in [6, 6.07) is 19.0. The number of carbonyl (C=O) groups is 1. The zero-order valence-electron chi connectivity index (χ0n) is 9.87. The van der Waals surface area contributed by atoms with Crippen molar-refractivity contribution >= 4 is 17.6 Å². The Balaban J connectivity index is 2.44. The molecular weight excluding hydrogens is 226 g/mol. The normalized spacial score (nSPS) is 11.1. The molecule has 18 heavy (non-hydrogen) atoms. The molecule has 0 unspecified atom stereocenters. The van der Waals surface area contributed by atoms with Gasteiger partial charge in [-0.25, -0.2) is 4.79 Å². The molecule has 2 aromatic rings. The summed E-state index contributed by atoms with van der Waals surface area (Å²) in [5, 5.41) is 0. The van der Waals surface area contributed by atoms with Crippen LogP contribution >= 0.6 is 0 Å². The molecule has 0 radical (unpaired) electrons. The summed E-state index contributed by atoms with van der Waals surface area (Å²) in [5.74, 6) is 2.74. The van der Waals surface area contributed by atoms with Gasteiger partial charge in [0.05, 0.1) is 5.57 Å². The third kappa shape index (κ3) is 2.84. The first-order valence-electron chi connectivity index (χ1n) is 5.60. The molecule has 0 aliphatic carbocycles. The standard InChI is InChI=1S/C15H14NO2/c16-18-15(17)14(13-9-5-2-6-10-13)11-12-7-3-1-4-8-12/h1-11H,16H3/q+1. The van der Waals surface area contributed by atoms with Gasteiger partial charge in [0.15, 0.2) is 0 Å². The van der Waals surface area contributed by atoms with E-state index in [1.165, 1.54) is 0 Å². The lowest BCUT2D eigenvalue weighted by molar-refractivity contribution is -0.655. The van der Waals surface area contributed by atoms with Gasteiger partial charge in [0.2, 0.25) is 0 Å². The molecule has 90 valence electrons. The summed E-state index contributed by atoms with van der Waals surface area (Å²) in [6.07, 6.45) is 1.79. The smallest absolute Gasteiger partial charge is 0.276 e. The van der Waals surface area contributed by atoms with E-state index in [4.69, 9.17) is 0 Å². The van der Waals surface area contributed by atoms with Crippen molar-refractivity contribution in [3.05, 3.63) is 71.8 Å². The van der Waals surface area contributed by atoms with Crippen LogP contribution in [0.1, 0.15) is 11.1 Å². The number of hydrogen-bond acceptors (Lipinski definition) is 2. The SMILES string of the molecule is [NH3+]OC(=O)C(=Cc1ccccc1)c1ccccc1. The van der Waals surface area contributed by atoms with Crippen molar-refractivity contribution in [3.8, 4) is 0 Å². The topological polar surface area (TPSA) is 53.9 Å². The number of hydrogen-bond donors (Lipinski definition) is 1. The van der Waals surface area contributed by atoms with Crippen molar-refractivity contribution in [1.29, 1.82) is 0 Å². The van der Waals surface area contributed by atoms with Crippen LogP contribution in [0.4, 0.5) is 0 Å². The van der Waals surface area contributed by atoms with E-state index in [0.717, 1.165) is 11.1 Å². The molecule has 0 heterocycles. The summed E-state index contributed by atoms with van der Waals surface area (Å²) < 4.78 is 0. The first-order valence-corrected chi connectivity index (χ1v) is 5.60. The second-order valence-corrected chi connectivity index (χ2v) is 3.77. The predicted molar refractivity (Wildman–Crippen MR) is 69.7 cm³/mol. The minimum Gasteiger partial charge on any atom is -0.276 e. The van der Waals surface area contributed by atoms with Gasteiger partial charge in [-0.15, -0.1) is 0 Å². The van der Waals surface area contributed by atoms with Gasteiger partial charge in [-0.05, 0) is 17.2 Å². The monoisotopic (exact) mass is 240 g/mol. The Morgan fingerprint density at radius 1 is 0.944 bits per heavy atom. The maximum Gasteiger partial charge on any atom is 0.397 e. The van der Waals surface area contributed by atoms with Crippen molar-refractivity contribution in [3.63, 3.8) is 0 Å². The Hall–Kier alpha value is -2.39. The molecule has 0 atom stereocenters. The fourth-order valence-electron chi connectivity index (χ4n) is 1.67. The van der Waals surface area contributed by atoms with E-state index in [1.54, 1.807) is 6.08 Å². The van der Waals surface area contributed by atoms with Gasteiger partial charge < -0.3 is 0 Å². The zero-order chi connectivity index (χ0) is 12.8. The van der Waals surface area contributed by atoms with Crippen LogP contribution in [0.3, 0.4) is 0 Å². The van der Waals surface area contributed by atoms with Gasteiger partial charge in [0, 0.05) is 0 Å². The number of quaternary nitrogens is 1. The summed E-state index contributed by atoms with van der Waals surface area (Å²) in [4.78, 5) is 16.3. The molecule has 0 aliphatic heterocycles. The third-order valence-electron chi connectivity index (χ3n) is 2.55. The van der Waals surface area contributed by atoms with E-state index in [1.807, 2.05) is 60.7 Å². The lowest BCUT2D eigenvalue weighted by Gasteiger charge is -2.03. The van der Waals surface area contributed by atoms with Crippen LogP contribution in [0, 0.1) is 0 Å². The molecule has 3 nitrogen and oxygen atoms in total. The molecule has 0 amide bonds. The molecule has 0 aromatic heterocycles. The summed E-state index contributed by atoms with van der Waals surface area (Å²) >= 11 is 0. The molecule has 0 aliphatic rings. The fraction of sp³-hybridized carbons (Fsp3) is 0. The zero-order valence-corrected chi connectivity index (χ0v) is 9.87. The second-order valence-electron chi connectivity index (χ2n) is 3.77. The van der Waals surface area contributed by atoms with Gasteiger partial charge in [-0.2, -0.15) is 5.90 Å². The van der Waals surface area contributed by atoms with Crippen molar-refractivity contribution in [2.75, 3.05) is 0 Å². The number of benzene rings is 2. The lowest BCUT2D eigenvalue weighted by atomic mass is 10.0. The molecule has 0 saturated carbocycles. The first-order chi connectivity index (χ1) is 8.81. The minimum absolute atomic E-state index is 0.440. The number of carbonyl (C=O) groups excluding carboxylic acids is 1. The predicted octanol–water partition coefficient (Wildman–Crippen LogP) is 1.93. The maximum absolute atomic E-state index is 11.8. The van der Waals surface area contributed by atoms with E-state index < -0.39 is 5.97 Å². The minimum atomic E-state index is -0.440. The van der Waals surface area contributed by atoms with Crippen molar-refractivity contribution < 1.29 is 15.5 Å². The first kappa shape index (κ1) is 12.1. The number of rotatable bonds is 3. The van der Waals surface area contributed by atoms with Crippen LogP contribution in [0.2, 0.25) is 0 Å². The third-order valence-corrected chi connectivity index (χ3v) is 2.55. The van der Waals surface area contributed by atoms with Gasteiger partial charge in [0.1, 0.15) is 0 Å². The highest BCUT2D eigenvalue weighted by molar-refractivity contribution is 6.21. The average Bonchev–Trinajstić information content (AvgIpc) is 2.46. The van der Waals surface area contributed by atoms with Crippen LogP contribution in [0.25, 0.3) is 11.6 Å². The Bertz CT molecular complexity index is 547. The largest absolute Gasteiger partial charge is 0.397 e. The molecule has 0 bridgehead atoms. The average molecular weight is 240 g/mol.